The molecule has 100 valence electrons. The Hall–Kier alpha value is -1.08. The number of hydrogen-bond donors (Lipinski definition) is 1. The highest BCUT2D eigenvalue weighted by Crippen LogP contribution is 2.47. The number of halogens is 2. The second kappa shape index (κ2) is 4.55. The van der Waals surface area contributed by atoms with Gasteiger partial charge in [-0.25, -0.2) is 13.8 Å². The quantitative estimate of drug-likeness (QED) is 0.500. The van der Waals surface area contributed by atoms with E-state index in [0.29, 0.717) is 12.1 Å². The molecule has 2 rings (SSSR count). The van der Waals surface area contributed by atoms with Crippen LogP contribution in [-0.2, 0) is 10.3 Å². The van der Waals surface area contributed by atoms with Gasteiger partial charge in [0.1, 0.15) is 17.2 Å². The van der Waals surface area contributed by atoms with Crippen LogP contribution in [-0.4, -0.2) is 36.9 Å². The highest BCUT2D eigenvalue weighted by molar-refractivity contribution is 5.31. The predicted molar refractivity (Wildman–Crippen MR) is 63.2 cm³/mol. The summed E-state index contributed by atoms with van der Waals surface area (Å²) in [5, 5.41) is 3.11. The molecule has 1 aliphatic rings. The molecule has 4 nitrogen and oxygen atoms in total. The molecule has 0 spiro atoms. The molecule has 0 radical (unpaired) electrons. The van der Waals surface area contributed by atoms with Crippen LogP contribution in [0.15, 0.2) is 18.2 Å². The van der Waals surface area contributed by atoms with Crippen molar-refractivity contribution in [1.82, 2.24) is 10.1 Å². The van der Waals surface area contributed by atoms with Crippen LogP contribution < -0.4 is 5.84 Å². The molecule has 2 atom stereocenters. The van der Waals surface area contributed by atoms with Crippen molar-refractivity contribution in [3.05, 3.63) is 35.4 Å². The van der Waals surface area contributed by atoms with Gasteiger partial charge in [-0.05, 0) is 13.0 Å². The van der Waals surface area contributed by atoms with Crippen LogP contribution in [0.25, 0.3) is 0 Å². The summed E-state index contributed by atoms with van der Waals surface area (Å²) >= 11 is 0. The van der Waals surface area contributed by atoms with Crippen molar-refractivity contribution in [3.8, 4) is 0 Å². The first-order valence-electron chi connectivity index (χ1n) is 5.69. The molecule has 1 aliphatic heterocycles. The Morgan fingerprint density at radius 2 is 2.00 bits per heavy atom. The molecule has 2 N–H and O–H groups in total. The fourth-order valence-electron chi connectivity index (χ4n) is 2.03. The Balaban J connectivity index is 2.28. The largest absolute Gasteiger partial charge is 0.360 e. The van der Waals surface area contributed by atoms with Crippen LogP contribution in [0.2, 0.25) is 0 Å². The van der Waals surface area contributed by atoms with Crippen LogP contribution in [0.4, 0.5) is 8.78 Å². The van der Waals surface area contributed by atoms with Crippen molar-refractivity contribution in [3.63, 3.8) is 0 Å². The molecule has 0 unspecified atom stereocenters. The SMILES string of the molecule is C[C@@H]1O[C@@]1(CN(N)N(C)C)c1ccc(F)cc1F. The first-order chi connectivity index (χ1) is 8.36. The van der Waals surface area contributed by atoms with Gasteiger partial charge in [0.15, 0.2) is 0 Å². The minimum Gasteiger partial charge on any atom is -0.360 e. The molecule has 0 aromatic heterocycles. The van der Waals surface area contributed by atoms with E-state index in [0.717, 1.165) is 6.07 Å². The van der Waals surface area contributed by atoms with E-state index in [1.165, 1.54) is 17.3 Å². The molecule has 0 saturated carbocycles. The van der Waals surface area contributed by atoms with Crippen molar-refractivity contribution in [2.24, 2.45) is 5.84 Å². The van der Waals surface area contributed by atoms with Crippen LogP contribution >= 0.6 is 0 Å². The van der Waals surface area contributed by atoms with Crippen LogP contribution in [0.5, 0.6) is 0 Å². The molecule has 0 amide bonds. The first kappa shape index (κ1) is 13.4. The van der Waals surface area contributed by atoms with Crippen molar-refractivity contribution < 1.29 is 13.5 Å². The zero-order valence-electron chi connectivity index (χ0n) is 10.7. The van der Waals surface area contributed by atoms with E-state index in [1.54, 1.807) is 19.1 Å². The lowest BCUT2D eigenvalue weighted by Gasteiger charge is -2.27. The summed E-state index contributed by atoms with van der Waals surface area (Å²) in [6.07, 6.45) is -0.150. The molecule has 18 heavy (non-hydrogen) atoms. The minimum atomic E-state index is -0.795. The van der Waals surface area contributed by atoms with Crippen LogP contribution in [0.3, 0.4) is 0 Å². The Bertz CT molecular complexity index is 455. The molecular formula is C12H17F2N3O. The number of nitrogens with zero attached hydrogens (tertiary/aromatic N) is 2. The normalized spacial score (nSPS) is 27.0. The van der Waals surface area contributed by atoms with Crippen LogP contribution in [0, 0.1) is 11.6 Å². The van der Waals surface area contributed by atoms with Crippen molar-refractivity contribution in [2.45, 2.75) is 18.6 Å². The van der Waals surface area contributed by atoms with Gasteiger partial charge in [-0.2, -0.15) is 5.12 Å². The number of benzene rings is 1. The number of rotatable bonds is 4. The summed E-state index contributed by atoms with van der Waals surface area (Å²) < 4.78 is 32.3. The maximum atomic E-state index is 13.8. The van der Waals surface area contributed by atoms with Gasteiger partial charge in [-0.1, -0.05) is 6.07 Å². The smallest absolute Gasteiger partial charge is 0.138 e. The zero-order valence-corrected chi connectivity index (χ0v) is 10.7. The summed E-state index contributed by atoms with van der Waals surface area (Å²) in [5.74, 6) is 4.60. The highest BCUT2D eigenvalue weighted by Gasteiger charge is 2.57. The Kier molecular flexibility index (Phi) is 3.37. The fraction of sp³-hybridized carbons (Fsp3) is 0.500. The topological polar surface area (TPSA) is 45.0 Å². The molecule has 1 aromatic carbocycles. The summed E-state index contributed by atoms with van der Waals surface area (Å²) in [5.41, 5.74) is -0.453. The van der Waals surface area contributed by atoms with E-state index in [-0.39, 0.29) is 6.10 Å². The third kappa shape index (κ3) is 2.24. The highest BCUT2D eigenvalue weighted by atomic mass is 19.1. The van der Waals surface area contributed by atoms with Gasteiger partial charge in [0.05, 0.1) is 12.6 Å². The van der Waals surface area contributed by atoms with Crippen molar-refractivity contribution >= 4 is 0 Å². The third-order valence-electron chi connectivity index (χ3n) is 3.28. The van der Waals surface area contributed by atoms with Crippen molar-refractivity contribution in [2.75, 3.05) is 20.6 Å². The second-order valence-electron chi connectivity index (χ2n) is 4.72. The molecule has 1 fully saturated rings. The van der Waals surface area contributed by atoms with E-state index in [9.17, 15) is 8.78 Å². The maximum Gasteiger partial charge on any atom is 0.138 e. The van der Waals surface area contributed by atoms with Gasteiger partial charge < -0.3 is 4.74 Å². The summed E-state index contributed by atoms with van der Waals surface area (Å²) in [6.45, 7) is 2.15. The molecule has 1 aromatic rings. The lowest BCUT2D eigenvalue weighted by molar-refractivity contribution is -0.000351. The molecular weight excluding hydrogens is 240 g/mol. The molecule has 6 heteroatoms. The number of hydrazine groups is 2. The molecule has 0 bridgehead atoms. The Morgan fingerprint density at radius 1 is 1.39 bits per heavy atom. The lowest BCUT2D eigenvalue weighted by Crippen LogP contribution is -2.47. The van der Waals surface area contributed by atoms with E-state index < -0.39 is 17.2 Å². The molecule has 1 saturated heterocycles. The number of hydrogen-bond acceptors (Lipinski definition) is 4. The van der Waals surface area contributed by atoms with E-state index in [4.69, 9.17) is 10.6 Å². The fourth-order valence-corrected chi connectivity index (χ4v) is 2.03. The third-order valence-corrected chi connectivity index (χ3v) is 3.28. The lowest BCUT2D eigenvalue weighted by atomic mass is 9.95. The Labute approximate surface area is 105 Å². The predicted octanol–water partition coefficient (Wildman–Crippen LogP) is 1.23. The zero-order chi connectivity index (χ0) is 13.5. The average Bonchev–Trinajstić information content (AvgIpc) is 2.89. The monoisotopic (exact) mass is 257 g/mol. The van der Waals surface area contributed by atoms with Crippen LogP contribution in [0.1, 0.15) is 12.5 Å². The molecule has 0 aliphatic carbocycles. The van der Waals surface area contributed by atoms with Gasteiger partial charge in [-0.15, -0.1) is 0 Å². The molecule has 1 heterocycles. The van der Waals surface area contributed by atoms with Crippen molar-refractivity contribution in [1.29, 1.82) is 0 Å². The van der Waals surface area contributed by atoms with Gasteiger partial charge in [0.25, 0.3) is 0 Å². The van der Waals surface area contributed by atoms with Gasteiger partial charge in [0.2, 0.25) is 0 Å². The maximum absolute atomic E-state index is 13.8. The minimum absolute atomic E-state index is 0.150. The van der Waals surface area contributed by atoms with Gasteiger partial charge in [0, 0.05) is 25.7 Å². The summed E-state index contributed by atoms with van der Waals surface area (Å²) in [6, 6.07) is 3.50. The van der Waals surface area contributed by atoms with Gasteiger partial charge in [-0.3, -0.25) is 5.84 Å². The summed E-state index contributed by atoms with van der Waals surface area (Å²) in [7, 11) is 3.56. The number of epoxide rings is 1. The average molecular weight is 257 g/mol. The standard InChI is InChI=1S/C12H17F2N3O/c1-8-12(18-8,7-17(15)16(2)3)10-5-4-9(13)6-11(10)14/h4-6,8H,7,15H2,1-3H3/t8-,12+/m0/s1. The number of ether oxygens (including phenoxy) is 1. The Morgan fingerprint density at radius 3 is 2.44 bits per heavy atom. The summed E-state index contributed by atoms with van der Waals surface area (Å²) in [4.78, 5) is 0. The van der Waals surface area contributed by atoms with Gasteiger partial charge >= 0.3 is 0 Å². The van der Waals surface area contributed by atoms with E-state index in [2.05, 4.69) is 0 Å². The van der Waals surface area contributed by atoms with E-state index >= 15 is 0 Å². The number of nitrogens with two attached hydrogens (primary N) is 1. The first-order valence-corrected chi connectivity index (χ1v) is 5.69. The van der Waals surface area contributed by atoms with E-state index in [1.807, 2.05) is 6.92 Å². The second-order valence-corrected chi connectivity index (χ2v) is 4.72.